The number of aromatic nitrogens is 2. The van der Waals surface area contributed by atoms with Crippen LogP contribution in [0.1, 0.15) is 27.2 Å². The summed E-state index contributed by atoms with van der Waals surface area (Å²) in [6.45, 7) is 7.06. The van der Waals surface area contributed by atoms with E-state index in [9.17, 15) is 4.79 Å². The molecule has 0 radical (unpaired) electrons. The molecule has 0 aliphatic carbocycles. The Hall–Kier alpha value is -2.95. The molecule has 0 spiro atoms. The molecule has 0 bridgehead atoms. The number of hydrogen-bond acceptors (Lipinski definition) is 4. The molecule has 0 fully saturated rings. The third-order valence-electron chi connectivity index (χ3n) is 4.13. The fraction of sp³-hybridized carbons (Fsp3) is 0.250. The number of aryl methyl sites for hydroxylation is 3. The van der Waals surface area contributed by atoms with Gasteiger partial charge in [0.15, 0.2) is 0 Å². The molecule has 3 rings (SSSR count). The van der Waals surface area contributed by atoms with E-state index in [4.69, 9.17) is 0 Å². The number of carbonyl (C=O) groups excluding carboxylic acids is 1. The Morgan fingerprint density at radius 1 is 1.04 bits per heavy atom. The van der Waals surface area contributed by atoms with Crippen molar-refractivity contribution in [1.82, 2.24) is 15.3 Å². The Kier molecular flexibility index (Phi) is 4.93. The summed E-state index contributed by atoms with van der Waals surface area (Å²) in [6, 6.07) is 11.7. The first kappa shape index (κ1) is 16.9. The van der Waals surface area contributed by atoms with Crippen LogP contribution in [0, 0.1) is 20.8 Å². The number of benzene rings is 1. The second-order valence-electron chi connectivity index (χ2n) is 6.13. The number of fused-ring (bicyclic) bond motifs is 1. The average Bonchev–Trinajstić information content (AvgIpc) is 2.60. The third-order valence-corrected chi connectivity index (χ3v) is 4.13. The molecule has 0 saturated heterocycles. The Morgan fingerprint density at radius 2 is 1.84 bits per heavy atom. The Labute approximate surface area is 147 Å². The highest BCUT2D eigenvalue weighted by molar-refractivity contribution is 6.06. The minimum absolute atomic E-state index is 0.0827. The summed E-state index contributed by atoms with van der Waals surface area (Å²) in [5.41, 5.74) is 4.55. The lowest BCUT2D eigenvalue weighted by molar-refractivity contribution is 0.0956. The quantitative estimate of drug-likeness (QED) is 0.702. The predicted octanol–water partition coefficient (Wildman–Crippen LogP) is 3.40. The molecule has 0 atom stereocenters. The lowest BCUT2D eigenvalue weighted by Gasteiger charge is -2.11. The van der Waals surface area contributed by atoms with Crippen LogP contribution < -0.4 is 10.6 Å². The zero-order valence-electron chi connectivity index (χ0n) is 14.8. The maximum Gasteiger partial charge on any atom is 0.252 e. The van der Waals surface area contributed by atoms with Crippen molar-refractivity contribution in [3.63, 3.8) is 0 Å². The van der Waals surface area contributed by atoms with Gasteiger partial charge >= 0.3 is 0 Å². The SMILES string of the molecule is Cc1cc(C(=O)NCCNc2ncccc2C)c2cccc(C)c2n1. The number of anilines is 1. The van der Waals surface area contributed by atoms with Crippen molar-refractivity contribution in [3.8, 4) is 0 Å². The van der Waals surface area contributed by atoms with Crippen LogP contribution in [0.5, 0.6) is 0 Å². The molecular formula is C20H22N4O. The van der Waals surface area contributed by atoms with Crippen LogP contribution in [0.25, 0.3) is 10.9 Å². The van der Waals surface area contributed by atoms with Gasteiger partial charge < -0.3 is 10.6 Å². The maximum absolute atomic E-state index is 12.6. The Bertz CT molecular complexity index is 921. The molecule has 2 heterocycles. The zero-order chi connectivity index (χ0) is 17.8. The smallest absolute Gasteiger partial charge is 0.252 e. The minimum Gasteiger partial charge on any atom is -0.368 e. The van der Waals surface area contributed by atoms with Gasteiger partial charge in [-0.1, -0.05) is 24.3 Å². The standard InChI is InChI=1S/C20H22N4O/c1-13-6-4-8-16-17(12-15(3)24-18(13)16)20(25)23-11-10-22-19-14(2)7-5-9-21-19/h4-9,12H,10-11H2,1-3H3,(H,21,22)(H,23,25). The van der Waals surface area contributed by atoms with Crippen molar-refractivity contribution in [2.24, 2.45) is 0 Å². The van der Waals surface area contributed by atoms with Crippen LogP contribution in [-0.2, 0) is 0 Å². The van der Waals surface area contributed by atoms with Crippen LogP contribution >= 0.6 is 0 Å². The summed E-state index contributed by atoms with van der Waals surface area (Å²) in [5, 5.41) is 7.10. The van der Waals surface area contributed by atoms with E-state index in [0.29, 0.717) is 18.7 Å². The first-order chi connectivity index (χ1) is 12.1. The molecule has 0 saturated carbocycles. The van der Waals surface area contributed by atoms with E-state index in [-0.39, 0.29) is 5.91 Å². The first-order valence-electron chi connectivity index (χ1n) is 8.37. The topological polar surface area (TPSA) is 66.9 Å². The van der Waals surface area contributed by atoms with E-state index >= 15 is 0 Å². The molecule has 25 heavy (non-hydrogen) atoms. The van der Waals surface area contributed by atoms with Crippen molar-refractivity contribution < 1.29 is 4.79 Å². The number of para-hydroxylation sites is 1. The molecule has 128 valence electrons. The van der Waals surface area contributed by atoms with Gasteiger partial charge in [0.1, 0.15) is 5.82 Å². The van der Waals surface area contributed by atoms with E-state index in [0.717, 1.165) is 33.5 Å². The molecule has 5 nitrogen and oxygen atoms in total. The van der Waals surface area contributed by atoms with Crippen LogP contribution in [0.4, 0.5) is 5.82 Å². The fourth-order valence-electron chi connectivity index (χ4n) is 2.83. The summed E-state index contributed by atoms with van der Waals surface area (Å²) >= 11 is 0. The highest BCUT2D eigenvalue weighted by atomic mass is 16.1. The van der Waals surface area contributed by atoms with Crippen molar-refractivity contribution >= 4 is 22.6 Å². The third kappa shape index (κ3) is 3.76. The maximum atomic E-state index is 12.6. The van der Waals surface area contributed by atoms with Gasteiger partial charge in [-0.15, -0.1) is 0 Å². The monoisotopic (exact) mass is 334 g/mol. The Balaban J connectivity index is 1.69. The van der Waals surface area contributed by atoms with Crippen molar-refractivity contribution in [1.29, 1.82) is 0 Å². The largest absolute Gasteiger partial charge is 0.368 e. The number of rotatable bonds is 5. The second-order valence-corrected chi connectivity index (χ2v) is 6.13. The molecule has 0 aliphatic heterocycles. The normalized spacial score (nSPS) is 10.7. The summed E-state index contributed by atoms with van der Waals surface area (Å²) in [7, 11) is 0. The van der Waals surface area contributed by atoms with Gasteiger partial charge in [-0.25, -0.2) is 4.98 Å². The summed E-state index contributed by atoms with van der Waals surface area (Å²) in [4.78, 5) is 21.5. The molecular weight excluding hydrogens is 312 g/mol. The number of amides is 1. The Morgan fingerprint density at radius 3 is 2.64 bits per heavy atom. The summed E-state index contributed by atoms with van der Waals surface area (Å²) < 4.78 is 0. The van der Waals surface area contributed by atoms with Crippen LogP contribution in [0.15, 0.2) is 42.6 Å². The van der Waals surface area contributed by atoms with Crippen LogP contribution in [0.3, 0.4) is 0 Å². The lowest BCUT2D eigenvalue weighted by Crippen LogP contribution is -2.29. The molecule has 3 aromatic rings. The highest BCUT2D eigenvalue weighted by Crippen LogP contribution is 2.21. The molecule has 0 aliphatic rings. The number of hydrogen-bond donors (Lipinski definition) is 2. The predicted molar refractivity (Wildman–Crippen MR) is 101 cm³/mol. The molecule has 1 amide bonds. The fourth-order valence-corrected chi connectivity index (χ4v) is 2.83. The van der Waals surface area contributed by atoms with E-state index in [1.807, 2.05) is 57.2 Å². The molecule has 2 aromatic heterocycles. The molecule has 2 N–H and O–H groups in total. The van der Waals surface area contributed by atoms with Gasteiger partial charge in [0.25, 0.3) is 5.91 Å². The van der Waals surface area contributed by atoms with Crippen molar-refractivity contribution in [2.75, 3.05) is 18.4 Å². The zero-order valence-corrected chi connectivity index (χ0v) is 14.8. The van der Waals surface area contributed by atoms with E-state index < -0.39 is 0 Å². The van der Waals surface area contributed by atoms with Gasteiger partial charge in [-0.05, 0) is 44.0 Å². The van der Waals surface area contributed by atoms with Crippen LogP contribution in [-0.4, -0.2) is 29.0 Å². The molecule has 1 aromatic carbocycles. The minimum atomic E-state index is -0.0827. The summed E-state index contributed by atoms with van der Waals surface area (Å²) in [6.07, 6.45) is 1.75. The highest BCUT2D eigenvalue weighted by Gasteiger charge is 2.12. The van der Waals surface area contributed by atoms with Crippen molar-refractivity contribution in [2.45, 2.75) is 20.8 Å². The van der Waals surface area contributed by atoms with Gasteiger partial charge in [-0.3, -0.25) is 9.78 Å². The van der Waals surface area contributed by atoms with Gasteiger partial charge in [0.05, 0.1) is 11.1 Å². The average molecular weight is 334 g/mol. The number of pyridine rings is 2. The van der Waals surface area contributed by atoms with Gasteiger partial charge in [-0.2, -0.15) is 0 Å². The first-order valence-corrected chi connectivity index (χ1v) is 8.37. The van der Waals surface area contributed by atoms with E-state index in [1.165, 1.54) is 0 Å². The number of carbonyl (C=O) groups is 1. The summed E-state index contributed by atoms with van der Waals surface area (Å²) in [5.74, 6) is 0.762. The molecule has 5 heteroatoms. The lowest BCUT2D eigenvalue weighted by atomic mass is 10.0. The second kappa shape index (κ2) is 7.30. The van der Waals surface area contributed by atoms with Gasteiger partial charge in [0.2, 0.25) is 0 Å². The van der Waals surface area contributed by atoms with Crippen molar-refractivity contribution in [3.05, 3.63) is 65.0 Å². The van der Waals surface area contributed by atoms with Gasteiger partial charge in [0, 0.05) is 30.4 Å². The van der Waals surface area contributed by atoms with Crippen LogP contribution in [0.2, 0.25) is 0 Å². The number of nitrogens with zero attached hydrogens (tertiary/aromatic N) is 2. The van der Waals surface area contributed by atoms with E-state index in [2.05, 4.69) is 20.6 Å². The number of nitrogens with one attached hydrogen (secondary N) is 2. The van der Waals surface area contributed by atoms with E-state index in [1.54, 1.807) is 6.20 Å². The molecule has 0 unspecified atom stereocenters.